The Labute approximate surface area is 226 Å². The number of halogens is 3. The molecule has 2 N–H and O–H groups in total. The zero-order chi connectivity index (χ0) is 28.2. The van der Waals surface area contributed by atoms with E-state index in [1.165, 1.54) is 0 Å². The average Bonchev–Trinajstić information content (AvgIpc) is 2.91. The van der Waals surface area contributed by atoms with E-state index in [4.69, 9.17) is 0 Å². The minimum Gasteiger partial charge on any atom is -0.481 e. The van der Waals surface area contributed by atoms with Crippen LogP contribution in [0.5, 0.6) is 0 Å². The number of nitrogens with zero attached hydrogens (tertiary/aromatic N) is 1. The summed E-state index contributed by atoms with van der Waals surface area (Å²) in [5.74, 6) is -1.72. The van der Waals surface area contributed by atoms with Crippen LogP contribution in [-0.4, -0.2) is 41.1 Å². The second-order valence-electron chi connectivity index (χ2n) is 10.2. The Balaban J connectivity index is 1.53. The highest BCUT2D eigenvalue weighted by molar-refractivity contribution is 5.95. The molecule has 1 saturated heterocycles. The molecule has 1 heterocycles. The summed E-state index contributed by atoms with van der Waals surface area (Å²) < 4.78 is 39.6. The first-order valence-electron chi connectivity index (χ1n) is 13.1. The molecular weight excluding hydrogens is 505 g/mol. The fourth-order valence-corrected chi connectivity index (χ4v) is 5.20. The zero-order valence-electron chi connectivity index (χ0n) is 22.1. The maximum atomic E-state index is 13.2. The lowest BCUT2D eigenvalue weighted by atomic mass is 9.92. The first-order valence-corrected chi connectivity index (χ1v) is 13.1. The van der Waals surface area contributed by atoms with Crippen molar-refractivity contribution in [2.24, 2.45) is 5.92 Å². The molecule has 1 unspecified atom stereocenters. The molecular formula is C31H33F3N2O3. The third-order valence-corrected chi connectivity index (χ3v) is 7.35. The van der Waals surface area contributed by atoms with E-state index in [9.17, 15) is 27.9 Å². The first kappa shape index (κ1) is 28.2. The van der Waals surface area contributed by atoms with Crippen LogP contribution in [0.1, 0.15) is 58.8 Å². The monoisotopic (exact) mass is 538 g/mol. The van der Waals surface area contributed by atoms with Gasteiger partial charge in [0.25, 0.3) is 5.91 Å². The second-order valence-corrected chi connectivity index (χ2v) is 10.2. The SMILES string of the molecule is Cc1ccccc1-c1ccc(C(CCC(F)(F)F)Nc2ccc(C(=O)N3CCC[C@@H](C(=O)O)C3)cc2)c(C)c1. The summed E-state index contributed by atoms with van der Waals surface area (Å²) in [6.45, 7) is 4.60. The molecule has 1 aliphatic heterocycles. The third-order valence-electron chi connectivity index (χ3n) is 7.35. The number of carbonyl (C=O) groups is 2. The van der Waals surface area contributed by atoms with Crippen LogP contribution in [0.3, 0.4) is 0 Å². The number of carboxylic acid groups (broad SMARTS) is 1. The molecule has 206 valence electrons. The number of aryl methyl sites for hydroxylation is 2. The zero-order valence-corrected chi connectivity index (χ0v) is 22.1. The van der Waals surface area contributed by atoms with Crippen LogP contribution in [-0.2, 0) is 4.79 Å². The molecule has 3 aromatic rings. The highest BCUT2D eigenvalue weighted by atomic mass is 19.4. The van der Waals surface area contributed by atoms with Gasteiger partial charge < -0.3 is 15.3 Å². The molecule has 1 amide bonds. The second kappa shape index (κ2) is 11.9. The highest BCUT2D eigenvalue weighted by Crippen LogP contribution is 2.34. The molecule has 8 heteroatoms. The van der Waals surface area contributed by atoms with Crippen LogP contribution < -0.4 is 5.32 Å². The van der Waals surface area contributed by atoms with Gasteiger partial charge in [-0.3, -0.25) is 9.59 Å². The van der Waals surface area contributed by atoms with Gasteiger partial charge in [-0.1, -0.05) is 42.5 Å². The number of likely N-dealkylation sites (tertiary alicyclic amines) is 1. The number of hydrogen-bond donors (Lipinski definition) is 2. The number of piperidine rings is 1. The minimum absolute atomic E-state index is 0.140. The molecule has 0 spiro atoms. The molecule has 1 fully saturated rings. The van der Waals surface area contributed by atoms with Gasteiger partial charge in [0.1, 0.15) is 0 Å². The number of rotatable bonds is 8. The van der Waals surface area contributed by atoms with Crippen molar-refractivity contribution in [2.45, 2.75) is 51.7 Å². The normalized spacial score (nSPS) is 16.5. The van der Waals surface area contributed by atoms with Gasteiger partial charge in [0.2, 0.25) is 0 Å². The number of carbonyl (C=O) groups excluding carboxylic acids is 1. The van der Waals surface area contributed by atoms with Crippen LogP contribution in [0.2, 0.25) is 0 Å². The Morgan fingerprint density at radius 3 is 2.38 bits per heavy atom. The van der Waals surface area contributed by atoms with Gasteiger partial charge in [-0.25, -0.2) is 0 Å². The molecule has 2 atom stereocenters. The number of anilines is 1. The molecule has 1 aliphatic rings. The van der Waals surface area contributed by atoms with E-state index >= 15 is 0 Å². The Kier molecular flexibility index (Phi) is 8.63. The molecule has 0 aromatic heterocycles. The summed E-state index contributed by atoms with van der Waals surface area (Å²) >= 11 is 0. The fourth-order valence-electron chi connectivity index (χ4n) is 5.20. The van der Waals surface area contributed by atoms with E-state index in [2.05, 4.69) is 5.32 Å². The number of benzene rings is 3. The predicted octanol–water partition coefficient (Wildman–Crippen LogP) is 7.40. The van der Waals surface area contributed by atoms with Crippen LogP contribution >= 0.6 is 0 Å². The Hall–Kier alpha value is -3.81. The van der Waals surface area contributed by atoms with Crippen molar-refractivity contribution in [2.75, 3.05) is 18.4 Å². The number of nitrogens with one attached hydrogen (secondary N) is 1. The third kappa shape index (κ3) is 7.19. The first-order chi connectivity index (χ1) is 18.5. The number of alkyl halides is 3. The fraction of sp³-hybridized carbons (Fsp3) is 0.355. The molecule has 4 rings (SSSR count). The number of aliphatic carboxylic acids is 1. The van der Waals surface area contributed by atoms with Crippen molar-refractivity contribution in [1.29, 1.82) is 0 Å². The van der Waals surface area contributed by atoms with Gasteiger partial charge in [-0.15, -0.1) is 0 Å². The largest absolute Gasteiger partial charge is 0.481 e. The van der Waals surface area contributed by atoms with E-state index in [0.29, 0.717) is 30.6 Å². The summed E-state index contributed by atoms with van der Waals surface area (Å²) in [7, 11) is 0. The Bertz CT molecular complexity index is 1320. The molecule has 3 aromatic carbocycles. The smallest absolute Gasteiger partial charge is 0.389 e. The van der Waals surface area contributed by atoms with Gasteiger partial charge in [0.15, 0.2) is 0 Å². The van der Waals surface area contributed by atoms with E-state index < -0.39 is 30.5 Å². The quantitative estimate of drug-likeness (QED) is 0.314. The van der Waals surface area contributed by atoms with Gasteiger partial charge in [0, 0.05) is 30.8 Å². The topological polar surface area (TPSA) is 69.6 Å². The van der Waals surface area contributed by atoms with Crippen molar-refractivity contribution in [3.63, 3.8) is 0 Å². The molecule has 39 heavy (non-hydrogen) atoms. The lowest BCUT2D eigenvalue weighted by Gasteiger charge is -2.30. The molecule has 0 bridgehead atoms. The van der Waals surface area contributed by atoms with Crippen LogP contribution in [0.4, 0.5) is 18.9 Å². The summed E-state index contributed by atoms with van der Waals surface area (Å²) in [5.41, 5.74) is 5.89. The van der Waals surface area contributed by atoms with Crippen molar-refractivity contribution < 1.29 is 27.9 Å². The summed E-state index contributed by atoms with van der Waals surface area (Å²) in [6, 6.07) is 19.9. The van der Waals surface area contributed by atoms with Gasteiger partial charge in [-0.2, -0.15) is 13.2 Å². The summed E-state index contributed by atoms with van der Waals surface area (Å²) in [4.78, 5) is 25.8. The maximum absolute atomic E-state index is 13.2. The molecule has 0 radical (unpaired) electrons. The van der Waals surface area contributed by atoms with Gasteiger partial charge >= 0.3 is 12.1 Å². The van der Waals surface area contributed by atoms with Crippen LogP contribution in [0.15, 0.2) is 66.7 Å². The van der Waals surface area contributed by atoms with Crippen molar-refractivity contribution in [3.8, 4) is 11.1 Å². The lowest BCUT2D eigenvalue weighted by molar-refractivity contribution is -0.143. The maximum Gasteiger partial charge on any atom is 0.389 e. The predicted molar refractivity (Wildman–Crippen MR) is 146 cm³/mol. The molecule has 0 aliphatic carbocycles. The van der Waals surface area contributed by atoms with Gasteiger partial charge in [0.05, 0.1) is 12.0 Å². The van der Waals surface area contributed by atoms with Crippen molar-refractivity contribution in [1.82, 2.24) is 4.90 Å². The lowest BCUT2D eigenvalue weighted by Crippen LogP contribution is -2.42. The van der Waals surface area contributed by atoms with E-state index in [-0.39, 0.29) is 18.9 Å². The van der Waals surface area contributed by atoms with Crippen molar-refractivity contribution in [3.05, 3.63) is 89.0 Å². The number of amides is 1. The molecule has 5 nitrogen and oxygen atoms in total. The minimum atomic E-state index is -4.28. The number of hydrogen-bond acceptors (Lipinski definition) is 3. The Morgan fingerprint density at radius 2 is 1.74 bits per heavy atom. The van der Waals surface area contributed by atoms with E-state index in [1.54, 1.807) is 29.2 Å². The van der Waals surface area contributed by atoms with Crippen LogP contribution in [0, 0.1) is 19.8 Å². The van der Waals surface area contributed by atoms with E-state index in [1.807, 2.05) is 56.3 Å². The highest BCUT2D eigenvalue weighted by Gasteiger charge is 2.30. The Morgan fingerprint density at radius 1 is 1.03 bits per heavy atom. The van der Waals surface area contributed by atoms with Gasteiger partial charge in [-0.05, 0) is 85.2 Å². The number of carboxylic acids is 1. The molecule has 0 saturated carbocycles. The van der Waals surface area contributed by atoms with E-state index in [0.717, 1.165) is 27.8 Å². The van der Waals surface area contributed by atoms with Crippen LogP contribution in [0.25, 0.3) is 11.1 Å². The standard InChI is InChI=1S/C31H33F3N2O3/c1-20-6-3-4-8-26(20)23-11-14-27(21(2)18-23)28(15-16-31(32,33)34)35-25-12-9-22(10-13-25)29(37)36-17-5-7-24(19-36)30(38)39/h3-4,6,8-14,18,24,28,35H,5,7,15-17,19H2,1-2H3,(H,38,39)/t24-,28?/m1/s1. The summed E-state index contributed by atoms with van der Waals surface area (Å²) in [6.07, 6.45) is -4.18. The average molecular weight is 539 g/mol. The summed E-state index contributed by atoms with van der Waals surface area (Å²) in [5, 5.41) is 12.5. The van der Waals surface area contributed by atoms with Crippen molar-refractivity contribution >= 4 is 17.6 Å².